The second kappa shape index (κ2) is 11.1. The fraction of sp³-hybridized carbons (Fsp3) is 0.172. The molecule has 0 aliphatic heterocycles. The SMILES string of the molecule is C=CC=N/C=C(\C)c1c2/c(=C(\C)C#N)[nH]c(/C(C)=C/C)c2c(=C(C#N)C#N)n1B(C)c1ccccc1. The Hall–Kier alpha value is -4.80. The van der Waals surface area contributed by atoms with E-state index < -0.39 is 0 Å². The summed E-state index contributed by atoms with van der Waals surface area (Å²) in [5, 5.41) is 32.6. The first-order valence-electron chi connectivity index (χ1n) is 11.6. The van der Waals surface area contributed by atoms with Crippen LogP contribution in [0.3, 0.4) is 0 Å². The van der Waals surface area contributed by atoms with Crippen LogP contribution in [0.4, 0.5) is 0 Å². The summed E-state index contributed by atoms with van der Waals surface area (Å²) in [4.78, 5) is 7.77. The predicted octanol–water partition coefficient (Wildman–Crippen LogP) is 4.28. The molecule has 0 radical (unpaired) electrons. The highest BCUT2D eigenvalue weighted by Gasteiger charge is 2.28. The number of nitrogens with one attached hydrogen (secondary N) is 1. The fourth-order valence-electron chi connectivity index (χ4n) is 4.41. The molecule has 176 valence electrons. The van der Waals surface area contributed by atoms with Crippen molar-refractivity contribution in [1.82, 2.24) is 9.46 Å². The normalized spacial score (nSPS) is 12.7. The minimum atomic E-state index is -0.221. The minimum Gasteiger partial charge on any atom is -0.379 e. The summed E-state index contributed by atoms with van der Waals surface area (Å²) < 4.78 is 2.03. The van der Waals surface area contributed by atoms with Crippen molar-refractivity contribution in [3.05, 3.63) is 77.3 Å². The molecule has 6 nitrogen and oxygen atoms in total. The van der Waals surface area contributed by atoms with Gasteiger partial charge in [-0.05, 0) is 38.8 Å². The summed E-state index contributed by atoms with van der Waals surface area (Å²) in [5.74, 6) is 0. The number of hydrogen-bond donors (Lipinski definition) is 1. The monoisotopic (exact) mass is 470 g/mol. The van der Waals surface area contributed by atoms with Crippen molar-refractivity contribution in [3.8, 4) is 18.2 Å². The minimum absolute atomic E-state index is 0.00161. The van der Waals surface area contributed by atoms with Crippen molar-refractivity contribution in [3.63, 3.8) is 0 Å². The Bertz CT molecular complexity index is 1660. The van der Waals surface area contributed by atoms with Gasteiger partial charge in [0.05, 0.1) is 28.0 Å². The van der Waals surface area contributed by atoms with Gasteiger partial charge in [-0.2, -0.15) is 15.8 Å². The highest BCUT2D eigenvalue weighted by Crippen LogP contribution is 2.29. The van der Waals surface area contributed by atoms with Crippen molar-refractivity contribution in [2.45, 2.75) is 34.5 Å². The average molecular weight is 470 g/mol. The molecule has 0 spiro atoms. The summed E-state index contributed by atoms with van der Waals surface area (Å²) in [7, 11) is 0. The number of aromatic nitrogens is 2. The van der Waals surface area contributed by atoms with Crippen molar-refractivity contribution >= 4 is 51.6 Å². The number of fused-ring (bicyclic) bond motifs is 1. The van der Waals surface area contributed by atoms with Crippen LogP contribution in [0.25, 0.3) is 33.1 Å². The zero-order valence-corrected chi connectivity index (χ0v) is 21.2. The molecule has 1 aromatic carbocycles. The Morgan fingerprint density at radius 3 is 2.25 bits per heavy atom. The summed E-state index contributed by atoms with van der Waals surface area (Å²) in [5.41, 5.74) is 4.85. The number of allylic oxidation sites excluding steroid dienone is 4. The first kappa shape index (κ1) is 25.8. The molecule has 2 heterocycles. The molecule has 0 bridgehead atoms. The number of hydrogen-bond acceptors (Lipinski definition) is 4. The van der Waals surface area contributed by atoms with Gasteiger partial charge in [-0.3, -0.25) is 4.99 Å². The predicted molar refractivity (Wildman–Crippen MR) is 150 cm³/mol. The number of H-pyrrole nitrogens is 1. The number of rotatable bonds is 6. The third-order valence-corrected chi connectivity index (χ3v) is 6.29. The lowest BCUT2D eigenvalue weighted by molar-refractivity contribution is 1.11. The van der Waals surface area contributed by atoms with Gasteiger partial charge in [0.2, 0.25) is 0 Å². The van der Waals surface area contributed by atoms with Gasteiger partial charge in [-0.25, -0.2) is 0 Å². The molecule has 7 heteroatoms. The summed E-state index contributed by atoms with van der Waals surface area (Å²) in [6.45, 7) is 13.1. The van der Waals surface area contributed by atoms with Crippen LogP contribution in [-0.2, 0) is 0 Å². The van der Waals surface area contributed by atoms with E-state index in [4.69, 9.17) is 0 Å². The van der Waals surface area contributed by atoms with Gasteiger partial charge < -0.3 is 9.46 Å². The van der Waals surface area contributed by atoms with E-state index in [0.717, 1.165) is 38.8 Å². The number of nitriles is 3. The van der Waals surface area contributed by atoms with Crippen LogP contribution in [0.5, 0.6) is 0 Å². The Labute approximate surface area is 211 Å². The molecular weight excluding hydrogens is 443 g/mol. The van der Waals surface area contributed by atoms with Gasteiger partial charge in [-0.1, -0.05) is 61.3 Å². The molecule has 3 aromatic rings. The van der Waals surface area contributed by atoms with E-state index in [1.54, 1.807) is 25.4 Å². The maximum Gasteiger partial charge on any atom is 0.290 e. The average Bonchev–Trinajstić information content (AvgIpc) is 3.45. The van der Waals surface area contributed by atoms with E-state index in [1.165, 1.54) is 0 Å². The standard InChI is InChI=1S/C29H27BN6/c1-7-14-34-18-21(5)28-24-25(26(19(3)8-2)35-27(24)20(4)15-31)29(22(16-32)17-33)36(28)30(6)23-12-10-9-11-13-23/h7-14,18,35H,1H2,2-6H3/b19-8+,21-18+,27-20-,34-14?. The van der Waals surface area contributed by atoms with Gasteiger partial charge in [-0.15, -0.1) is 0 Å². The smallest absolute Gasteiger partial charge is 0.290 e. The number of benzene rings is 1. The van der Waals surface area contributed by atoms with Crippen LogP contribution in [0.1, 0.15) is 39.1 Å². The Kier molecular flexibility index (Phi) is 7.95. The van der Waals surface area contributed by atoms with Crippen molar-refractivity contribution in [2.24, 2.45) is 4.99 Å². The number of aromatic amines is 1. The van der Waals surface area contributed by atoms with Crippen LogP contribution in [0.15, 0.2) is 60.3 Å². The van der Waals surface area contributed by atoms with Crippen LogP contribution < -0.4 is 16.2 Å². The first-order valence-corrected chi connectivity index (χ1v) is 11.6. The lowest BCUT2D eigenvalue weighted by Crippen LogP contribution is -2.42. The molecule has 0 atom stereocenters. The van der Waals surface area contributed by atoms with Crippen LogP contribution in [0.2, 0.25) is 6.82 Å². The first-order chi connectivity index (χ1) is 17.4. The van der Waals surface area contributed by atoms with E-state index in [0.29, 0.717) is 16.3 Å². The summed E-state index contributed by atoms with van der Waals surface area (Å²) in [6, 6.07) is 16.4. The quantitative estimate of drug-likeness (QED) is 0.430. The van der Waals surface area contributed by atoms with E-state index >= 15 is 0 Å². The Morgan fingerprint density at radius 2 is 1.69 bits per heavy atom. The fourth-order valence-corrected chi connectivity index (χ4v) is 4.41. The van der Waals surface area contributed by atoms with Gasteiger partial charge in [0, 0.05) is 28.9 Å². The second-order valence-corrected chi connectivity index (χ2v) is 8.43. The molecule has 0 aliphatic rings. The van der Waals surface area contributed by atoms with Crippen molar-refractivity contribution in [2.75, 3.05) is 0 Å². The third-order valence-electron chi connectivity index (χ3n) is 6.29. The second-order valence-electron chi connectivity index (χ2n) is 8.43. The van der Waals surface area contributed by atoms with Crippen LogP contribution in [-0.4, -0.2) is 22.5 Å². The summed E-state index contributed by atoms with van der Waals surface area (Å²) >= 11 is 0. The topological polar surface area (TPSA) is 104 Å². The molecular formula is C29H27BN6. The van der Waals surface area contributed by atoms with E-state index in [-0.39, 0.29) is 12.4 Å². The van der Waals surface area contributed by atoms with Crippen LogP contribution in [0, 0.1) is 34.0 Å². The zero-order chi connectivity index (χ0) is 26.4. The molecule has 0 fully saturated rings. The molecule has 0 saturated heterocycles. The lowest BCUT2D eigenvalue weighted by Gasteiger charge is -2.17. The summed E-state index contributed by atoms with van der Waals surface area (Å²) in [6.07, 6.45) is 6.88. The third kappa shape index (κ3) is 4.46. The van der Waals surface area contributed by atoms with E-state index in [9.17, 15) is 15.8 Å². The highest BCUT2D eigenvalue weighted by molar-refractivity contribution is 6.71. The Balaban J connectivity index is 2.81. The van der Waals surface area contributed by atoms with Crippen molar-refractivity contribution < 1.29 is 0 Å². The molecule has 1 N–H and O–H groups in total. The van der Waals surface area contributed by atoms with Gasteiger partial charge in [0.15, 0.2) is 5.57 Å². The van der Waals surface area contributed by atoms with Crippen molar-refractivity contribution in [1.29, 1.82) is 15.8 Å². The Morgan fingerprint density at radius 1 is 1.03 bits per heavy atom. The molecule has 0 saturated carbocycles. The maximum absolute atomic E-state index is 10.0. The van der Waals surface area contributed by atoms with Gasteiger partial charge >= 0.3 is 0 Å². The molecule has 0 unspecified atom stereocenters. The number of aliphatic imine (C=N–C) groups is 1. The molecule has 3 rings (SSSR count). The number of nitrogens with zero attached hydrogens (tertiary/aromatic N) is 5. The van der Waals surface area contributed by atoms with Gasteiger partial charge in [0.1, 0.15) is 12.1 Å². The molecule has 2 aromatic heterocycles. The molecule has 0 amide bonds. The lowest BCUT2D eigenvalue weighted by atomic mass is 9.57. The molecule has 36 heavy (non-hydrogen) atoms. The largest absolute Gasteiger partial charge is 0.379 e. The molecule has 0 aliphatic carbocycles. The van der Waals surface area contributed by atoms with Gasteiger partial charge in [0.25, 0.3) is 6.85 Å². The maximum atomic E-state index is 10.0. The zero-order valence-electron chi connectivity index (χ0n) is 21.2. The van der Waals surface area contributed by atoms with E-state index in [1.807, 2.05) is 68.5 Å². The highest BCUT2D eigenvalue weighted by atomic mass is 14.9. The van der Waals surface area contributed by atoms with E-state index in [2.05, 4.69) is 34.8 Å². The van der Waals surface area contributed by atoms with Crippen LogP contribution >= 0.6 is 0 Å².